The molecule has 23 heavy (non-hydrogen) atoms. The van der Waals surface area contributed by atoms with Gasteiger partial charge in [0.2, 0.25) is 0 Å². The van der Waals surface area contributed by atoms with Crippen LogP contribution < -0.4 is 0 Å². The number of hydrogen-bond donors (Lipinski definition) is 0. The third-order valence-electron chi connectivity index (χ3n) is 3.49. The van der Waals surface area contributed by atoms with Crippen molar-refractivity contribution in [2.45, 2.75) is 47.5 Å². The van der Waals surface area contributed by atoms with Gasteiger partial charge in [-0.2, -0.15) is 0 Å². The fourth-order valence-electron chi connectivity index (χ4n) is 2.43. The number of hydrogen-bond acceptors (Lipinski definition) is 1. The first-order chi connectivity index (χ1) is 10.9. The lowest BCUT2D eigenvalue weighted by atomic mass is 10.0. The molecule has 0 aromatic heterocycles. The van der Waals surface area contributed by atoms with Crippen molar-refractivity contribution in [3.63, 3.8) is 0 Å². The summed E-state index contributed by atoms with van der Waals surface area (Å²) in [7, 11) is 0. The Kier molecular flexibility index (Phi) is 8.32. The lowest BCUT2D eigenvalue weighted by Gasteiger charge is -2.04. The van der Waals surface area contributed by atoms with Crippen molar-refractivity contribution in [1.29, 1.82) is 0 Å². The molecule has 0 saturated carbocycles. The molecule has 0 radical (unpaired) electrons. The van der Waals surface area contributed by atoms with E-state index in [-0.39, 0.29) is 5.78 Å². The number of rotatable bonds is 5. The van der Waals surface area contributed by atoms with Gasteiger partial charge in [-0.3, -0.25) is 4.79 Å². The Balaban J connectivity index is 0.000000238. The molecule has 0 fully saturated rings. The molecule has 0 aliphatic heterocycles. The summed E-state index contributed by atoms with van der Waals surface area (Å²) in [6.07, 6.45) is 2.28. The van der Waals surface area contributed by atoms with Crippen LogP contribution in [0.25, 0.3) is 0 Å². The molecule has 0 heterocycles. The van der Waals surface area contributed by atoms with E-state index in [1.165, 1.54) is 17.5 Å². The highest BCUT2D eigenvalue weighted by Gasteiger charge is 2.00. The molecule has 1 nitrogen and oxygen atoms in total. The SMILES string of the molecule is CC(=O)c1ccc(CC(C)C)cc1.CC(C)Cc1ccccc1. The third-order valence-corrected chi connectivity index (χ3v) is 3.49. The van der Waals surface area contributed by atoms with Crippen LogP contribution in [-0.2, 0) is 12.8 Å². The van der Waals surface area contributed by atoms with Gasteiger partial charge >= 0.3 is 0 Å². The Bertz CT molecular complexity index is 565. The van der Waals surface area contributed by atoms with E-state index < -0.39 is 0 Å². The second-order valence-corrected chi connectivity index (χ2v) is 6.93. The maximum Gasteiger partial charge on any atom is 0.159 e. The van der Waals surface area contributed by atoms with Crippen molar-refractivity contribution in [2.24, 2.45) is 11.8 Å². The molecular formula is C22H30O. The molecule has 0 spiro atoms. The first-order valence-electron chi connectivity index (χ1n) is 8.52. The summed E-state index contributed by atoms with van der Waals surface area (Å²) in [5, 5.41) is 0. The van der Waals surface area contributed by atoms with Crippen molar-refractivity contribution in [2.75, 3.05) is 0 Å². The summed E-state index contributed by atoms with van der Waals surface area (Å²) in [6, 6.07) is 18.5. The Labute approximate surface area is 141 Å². The van der Waals surface area contributed by atoms with Crippen molar-refractivity contribution < 1.29 is 4.79 Å². The predicted octanol–water partition coefficient (Wildman–Crippen LogP) is 5.97. The predicted molar refractivity (Wildman–Crippen MR) is 100.0 cm³/mol. The van der Waals surface area contributed by atoms with E-state index in [1.54, 1.807) is 6.92 Å². The molecule has 2 rings (SSSR count). The first-order valence-corrected chi connectivity index (χ1v) is 8.52. The highest BCUT2D eigenvalue weighted by atomic mass is 16.1. The van der Waals surface area contributed by atoms with E-state index in [9.17, 15) is 4.79 Å². The lowest BCUT2D eigenvalue weighted by molar-refractivity contribution is 0.101. The number of carbonyl (C=O) groups is 1. The lowest BCUT2D eigenvalue weighted by Crippen LogP contribution is -1.96. The van der Waals surface area contributed by atoms with Crippen LogP contribution in [0.3, 0.4) is 0 Å². The second-order valence-electron chi connectivity index (χ2n) is 6.93. The molecule has 0 saturated heterocycles. The summed E-state index contributed by atoms with van der Waals surface area (Å²) in [5.74, 6) is 1.57. The minimum Gasteiger partial charge on any atom is -0.295 e. The fraction of sp³-hybridized carbons (Fsp3) is 0.409. The summed E-state index contributed by atoms with van der Waals surface area (Å²) in [6.45, 7) is 10.5. The zero-order chi connectivity index (χ0) is 17.2. The molecular weight excluding hydrogens is 280 g/mol. The molecule has 2 aromatic rings. The Morgan fingerprint density at radius 1 is 0.739 bits per heavy atom. The van der Waals surface area contributed by atoms with Crippen LogP contribution >= 0.6 is 0 Å². The van der Waals surface area contributed by atoms with E-state index in [4.69, 9.17) is 0 Å². The maximum atomic E-state index is 11.0. The van der Waals surface area contributed by atoms with E-state index in [0.717, 1.165) is 17.9 Å². The molecule has 0 N–H and O–H groups in total. The van der Waals surface area contributed by atoms with Crippen LogP contribution in [0.2, 0.25) is 0 Å². The van der Waals surface area contributed by atoms with Crippen LogP contribution in [-0.4, -0.2) is 5.78 Å². The molecule has 0 unspecified atom stereocenters. The van der Waals surface area contributed by atoms with Gasteiger partial charge in [0.15, 0.2) is 5.78 Å². The van der Waals surface area contributed by atoms with E-state index >= 15 is 0 Å². The zero-order valence-electron chi connectivity index (χ0n) is 15.2. The molecule has 2 aromatic carbocycles. The smallest absolute Gasteiger partial charge is 0.159 e. The number of carbonyl (C=O) groups excluding carboxylic acids is 1. The molecule has 1 heteroatoms. The summed E-state index contributed by atoms with van der Waals surface area (Å²) in [5.41, 5.74) is 3.55. The van der Waals surface area contributed by atoms with E-state index in [2.05, 4.69) is 58.0 Å². The van der Waals surface area contributed by atoms with Gasteiger partial charge in [0, 0.05) is 5.56 Å². The Morgan fingerprint density at radius 2 is 1.17 bits per heavy atom. The van der Waals surface area contributed by atoms with Gasteiger partial charge in [-0.25, -0.2) is 0 Å². The van der Waals surface area contributed by atoms with Crippen molar-refractivity contribution in [3.05, 3.63) is 71.3 Å². The minimum atomic E-state index is 0.135. The average Bonchev–Trinajstić information content (AvgIpc) is 2.48. The van der Waals surface area contributed by atoms with Gasteiger partial charge in [0.1, 0.15) is 0 Å². The van der Waals surface area contributed by atoms with Gasteiger partial charge in [-0.15, -0.1) is 0 Å². The number of ketones is 1. The van der Waals surface area contributed by atoms with Crippen LogP contribution in [0, 0.1) is 11.8 Å². The normalized spacial score (nSPS) is 10.4. The zero-order valence-corrected chi connectivity index (χ0v) is 15.2. The molecule has 0 bridgehead atoms. The van der Waals surface area contributed by atoms with E-state index in [0.29, 0.717) is 5.92 Å². The van der Waals surface area contributed by atoms with Crippen LogP contribution in [0.5, 0.6) is 0 Å². The van der Waals surface area contributed by atoms with Gasteiger partial charge in [0.05, 0.1) is 0 Å². The summed E-state index contributed by atoms with van der Waals surface area (Å²) >= 11 is 0. The average molecular weight is 310 g/mol. The van der Waals surface area contributed by atoms with Crippen molar-refractivity contribution in [1.82, 2.24) is 0 Å². The molecule has 0 atom stereocenters. The topological polar surface area (TPSA) is 17.1 Å². The van der Waals surface area contributed by atoms with Gasteiger partial charge in [-0.1, -0.05) is 82.3 Å². The molecule has 124 valence electrons. The van der Waals surface area contributed by atoms with Crippen molar-refractivity contribution in [3.8, 4) is 0 Å². The van der Waals surface area contributed by atoms with E-state index in [1.807, 2.05) is 24.3 Å². The maximum absolute atomic E-state index is 11.0. The quantitative estimate of drug-likeness (QED) is 0.621. The number of Topliss-reactive ketones (excluding diaryl/α,β-unsaturated/α-hetero) is 1. The molecule has 0 aliphatic rings. The highest BCUT2D eigenvalue weighted by Crippen LogP contribution is 2.10. The molecule has 0 aliphatic carbocycles. The summed E-state index contributed by atoms with van der Waals surface area (Å²) in [4.78, 5) is 11.0. The van der Waals surface area contributed by atoms with Crippen molar-refractivity contribution >= 4 is 5.78 Å². The standard InChI is InChI=1S/C12H16O.C10H14/c1-9(2)8-11-4-6-12(7-5-11)10(3)13;1-9(2)8-10-6-4-3-5-7-10/h4-7,9H,8H2,1-3H3;3-7,9H,8H2,1-2H3. The highest BCUT2D eigenvalue weighted by molar-refractivity contribution is 5.93. The third kappa shape index (κ3) is 8.35. The van der Waals surface area contributed by atoms with Crippen LogP contribution in [0.15, 0.2) is 54.6 Å². The van der Waals surface area contributed by atoms with Crippen LogP contribution in [0.4, 0.5) is 0 Å². The largest absolute Gasteiger partial charge is 0.295 e. The number of benzene rings is 2. The van der Waals surface area contributed by atoms with Gasteiger partial charge < -0.3 is 0 Å². The summed E-state index contributed by atoms with van der Waals surface area (Å²) < 4.78 is 0. The first kappa shape index (κ1) is 19.2. The molecule has 0 amide bonds. The monoisotopic (exact) mass is 310 g/mol. The van der Waals surface area contributed by atoms with Gasteiger partial charge in [-0.05, 0) is 42.7 Å². The van der Waals surface area contributed by atoms with Crippen LogP contribution in [0.1, 0.15) is 56.1 Å². The minimum absolute atomic E-state index is 0.135. The fourth-order valence-corrected chi connectivity index (χ4v) is 2.43. The Morgan fingerprint density at radius 3 is 1.57 bits per heavy atom. The van der Waals surface area contributed by atoms with Gasteiger partial charge in [0.25, 0.3) is 0 Å². The second kappa shape index (κ2) is 9.99. The Hall–Kier alpha value is -1.89.